The summed E-state index contributed by atoms with van der Waals surface area (Å²) in [6.07, 6.45) is 1.61. The fraction of sp³-hybridized carbons (Fsp3) is 0.429. The molecule has 1 rings (SSSR count). The molecule has 0 spiro atoms. The number of aromatic nitrogens is 2. The first kappa shape index (κ1) is 6.81. The highest BCUT2D eigenvalue weighted by atomic mass is 14.9. The van der Waals surface area contributed by atoms with Crippen LogP contribution >= 0.6 is 0 Å². The Morgan fingerprint density at radius 1 is 1.80 bits per heavy atom. The van der Waals surface area contributed by atoms with Crippen LogP contribution in [0.1, 0.15) is 24.2 Å². The third kappa shape index (κ3) is 1.01. The van der Waals surface area contributed by atoms with E-state index in [0.717, 1.165) is 11.4 Å². The summed E-state index contributed by atoms with van der Waals surface area (Å²) >= 11 is 0. The van der Waals surface area contributed by atoms with Crippen molar-refractivity contribution in [3.8, 4) is 6.07 Å². The molecule has 1 N–H and O–H groups in total. The molecule has 0 aromatic carbocycles. The topological polar surface area (TPSA) is 52.5 Å². The van der Waals surface area contributed by atoms with E-state index in [-0.39, 0.29) is 5.92 Å². The lowest BCUT2D eigenvalue weighted by Crippen LogP contribution is -1.91. The Labute approximate surface area is 59.7 Å². The number of aromatic amines is 1. The van der Waals surface area contributed by atoms with Gasteiger partial charge in [-0.2, -0.15) is 5.26 Å². The molecule has 0 radical (unpaired) electrons. The number of nitriles is 1. The Bertz CT molecular complexity index is 256. The third-order valence-electron chi connectivity index (χ3n) is 1.47. The maximum atomic E-state index is 8.53. The summed E-state index contributed by atoms with van der Waals surface area (Å²) in [5.74, 6) is -0.105. The first-order chi connectivity index (χ1) is 4.75. The zero-order valence-corrected chi connectivity index (χ0v) is 6.05. The molecule has 3 nitrogen and oxygen atoms in total. The largest absolute Gasteiger partial charge is 0.348 e. The number of rotatable bonds is 1. The maximum Gasteiger partial charge on any atom is 0.0925 e. The molecular formula is C7H9N3. The SMILES string of the molecule is Cc1[nH]cnc1C(C)C#N. The monoisotopic (exact) mass is 135 g/mol. The Balaban J connectivity index is 2.96. The Morgan fingerprint density at radius 2 is 2.50 bits per heavy atom. The Hall–Kier alpha value is -1.30. The molecule has 52 valence electrons. The average molecular weight is 135 g/mol. The van der Waals surface area contributed by atoms with Crippen molar-refractivity contribution in [2.24, 2.45) is 0 Å². The highest BCUT2D eigenvalue weighted by Crippen LogP contribution is 2.13. The number of nitrogens with zero attached hydrogens (tertiary/aromatic N) is 2. The molecule has 1 aromatic heterocycles. The highest BCUT2D eigenvalue weighted by molar-refractivity contribution is 5.19. The number of aryl methyl sites for hydroxylation is 1. The zero-order chi connectivity index (χ0) is 7.56. The molecule has 1 atom stereocenters. The fourth-order valence-electron chi connectivity index (χ4n) is 0.867. The van der Waals surface area contributed by atoms with E-state index < -0.39 is 0 Å². The van der Waals surface area contributed by atoms with Gasteiger partial charge in [-0.25, -0.2) is 4.98 Å². The summed E-state index contributed by atoms with van der Waals surface area (Å²) in [4.78, 5) is 6.93. The van der Waals surface area contributed by atoms with Gasteiger partial charge in [0.2, 0.25) is 0 Å². The van der Waals surface area contributed by atoms with Gasteiger partial charge in [-0.05, 0) is 13.8 Å². The van der Waals surface area contributed by atoms with Crippen LogP contribution in [0.15, 0.2) is 6.33 Å². The van der Waals surface area contributed by atoms with E-state index in [2.05, 4.69) is 16.0 Å². The van der Waals surface area contributed by atoms with Gasteiger partial charge >= 0.3 is 0 Å². The molecule has 3 heteroatoms. The molecule has 1 aromatic rings. The van der Waals surface area contributed by atoms with Gasteiger partial charge in [-0.1, -0.05) is 0 Å². The summed E-state index contributed by atoms with van der Waals surface area (Å²) in [6.45, 7) is 3.75. The summed E-state index contributed by atoms with van der Waals surface area (Å²) in [7, 11) is 0. The van der Waals surface area contributed by atoms with E-state index in [1.807, 2.05) is 13.8 Å². The smallest absolute Gasteiger partial charge is 0.0925 e. The summed E-state index contributed by atoms with van der Waals surface area (Å²) < 4.78 is 0. The van der Waals surface area contributed by atoms with Crippen LogP contribution in [0.2, 0.25) is 0 Å². The number of hydrogen-bond acceptors (Lipinski definition) is 2. The summed E-state index contributed by atoms with van der Waals surface area (Å²) in [6, 6.07) is 2.13. The normalized spacial score (nSPS) is 12.5. The quantitative estimate of drug-likeness (QED) is 0.631. The van der Waals surface area contributed by atoms with Crippen LogP contribution in [0.25, 0.3) is 0 Å². The van der Waals surface area contributed by atoms with E-state index in [0.29, 0.717) is 0 Å². The molecule has 0 amide bonds. The van der Waals surface area contributed by atoms with Gasteiger partial charge in [-0.3, -0.25) is 0 Å². The van der Waals surface area contributed by atoms with Crippen LogP contribution in [0.3, 0.4) is 0 Å². The predicted molar refractivity (Wildman–Crippen MR) is 37.4 cm³/mol. The fourth-order valence-corrected chi connectivity index (χ4v) is 0.867. The lowest BCUT2D eigenvalue weighted by molar-refractivity contribution is 0.920. The van der Waals surface area contributed by atoms with Crippen LogP contribution in [0, 0.1) is 18.3 Å². The lowest BCUT2D eigenvalue weighted by Gasteiger charge is -1.96. The third-order valence-corrected chi connectivity index (χ3v) is 1.47. The zero-order valence-electron chi connectivity index (χ0n) is 6.05. The molecule has 0 aliphatic carbocycles. The minimum Gasteiger partial charge on any atom is -0.348 e. The number of hydrogen-bond donors (Lipinski definition) is 1. The number of nitrogens with one attached hydrogen (secondary N) is 1. The van der Waals surface area contributed by atoms with Gasteiger partial charge in [0.25, 0.3) is 0 Å². The van der Waals surface area contributed by atoms with Crippen LogP contribution < -0.4 is 0 Å². The second kappa shape index (κ2) is 2.53. The maximum absolute atomic E-state index is 8.53. The summed E-state index contributed by atoms with van der Waals surface area (Å²) in [5, 5.41) is 8.53. The Morgan fingerprint density at radius 3 is 2.90 bits per heavy atom. The molecule has 0 bridgehead atoms. The van der Waals surface area contributed by atoms with Crippen LogP contribution in [0.5, 0.6) is 0 Å². The van der Waals surface area contributed by atoms with Crippen LogP contribution in [0.4, 0.5) is 0 Å². The molecular weight excluding hydrogens is 126 g/mol. The van der Waals surface area contributed by atoms with Crippen molar-refractivity contribution in [1.82, 2.24) is 9.97 Å². The van der Waals surface area contributed by atoms with E-state index in [9.17, 15) is 0 Å². The predicted octanol–water partition coefficient (Wildman–Crippen LogP) is 1.35. The van der Waals surface area contributed by atoms with Crippen molar-refractivity contribution in [3.05, 3.63) is 17.7 Å². The molecule has 0 saturated carbocycles. The van der Waals surface area contributed by atoms with Gasteiger partial charge < -0.3 is 4.98 Å². The standard InChI is InChI=1S/C7H9N3/c1-5(3-8)7-6(2)9-4-10-7/h4-5H,1-2H3,(H,9,10). The van der Waals surface area contributed by atoms with Crippen LogP contribution in [-0.2, 0) is 0 Å². The number of H-pyrrole nitrogens is 1. The second-order valence-electron chi connectivity index (χ2n) is 2.26. The highest BCUT2D eigenvalue weighted by Gasteiger charge is 2.08. The van der Waals surface area contributed by atoms with Crippen LogP contribution in [-0.4, -0.2) is 9.97 Å². The van der Waals surface area contributed by atoms with Gasteiger partial charge in [-0.15, -0.1) is 0 Å². The van der Waals surface area contributed by atoms with Gasteiger partial charge in [0.15, 0.2) is 0 Å². The minimum atomic E-state index is -0.105. The van der Waals surface area contributed by atoms with Gasteiger partial charge in [0.1, 0.15) is 0 Å². The lowest BCUT2D eigenvalue weighted by atomic mass is 10.1. The average Bonchev–Trinajstić information content (AvgIpc) is 2.34. The number of imidazole rings is 1. The van der Waals surface area contributed by atoms with E-state index in [4.69, 9.17) is 5.26 Å². The van der Waals surface area contributed by atoms with Crippen molar-refractivity contribution in [2.75, 3.05) is 0 Å². The van der Waals surface area contributed by atoms with E-state index in [1.54, 1.807) is 6.33 Å². The van der Waals surface area contributed by atoms with Crippen molar-refractivity contribution in [2.45, 2.75) is 19.8 Å². The van der Waals surface area contributed by atoms with Crippen molar-refractivity contribution >= 4 is 0 Å². The molecule has 0 saturated heterocycles. The molecule has 1 heterocycles. The molecule has 10 heavy (non-hydrogen) atoms. The first-order valence-corrected chi connectivity index (χ1v) is 3.15. The molecule has 0 aliphatic rings. The molecule has 1 unspecified atom stereocenters. The van der Waals surface area contributed by atoms with Gasteiger partial charge in [0.05, 0.1) is 24.0 Å². The summed E-state index contributed by atoms with van der Waals surface area (Å²) in [5.41, 5.74) is 1.83. The first-order valence-electron chi connectivity index (χ1n) is 3.15. The van der Waals surface area contributed by atoms with E-state index in [1.165, 1.54) is 0 Å². The Kier molecular flexibility index (Phi) is 1.72. The molecule has 0 aliphatic heterocycles. The minimum absolute atomic E-state index is 0.105. The second-order valence-corrected chi connectivity index (χ2v) is 2.26. The molecule has 0 fully saturated rings. The van der Waals surface area contributed by atoms with Crippen molar-refractivity contribution in [3.63, 3.8) is 0 Å². The van der Waals surface area contributed by atoms with E-state index >= 15 is 0 Å². The van der Waals surface area contributed by atoms with Crippen molar-refractivity contribution in [1.29, 1.82) is 5.26 Å². The van der Waals surface area contributed by atoms with Gasteiger partial charge in [0, 0.05) is 5.69 Å². The van der Waals surface area contributed by atoms with Crippen molar-refractivity contribution < 1.29 is 0 Å².